The van der Waals surface area contributed by atoms with Crippen molar-refractivity contribution in [2.45, 2.75) is 91.0 Å². The van der Waals surface area contributed by atoms with Gasteiger partial charge in [0.15, 0.2) is 0 Å². The van der Waals surface area contributed by atoms with E-state index in [9.17, 15) is 28.8 Å². The van der Waals surface area contributed by atoms with Gasteiger partial charge in [-0.15, -0.1) is 0 Å². The zero-order valence-electron chi connectivity index (χ0n) is 43.3. The summed E-state index contributed by atoms with van der Waals surface area (Å²) in [5.41, 5.74) is 3.81. The molecule has 4 aromatic heterocycles. The van der Waals surface area contributed by atoms with Crippen LogP contribution in [-0.2, 0) is 62.1 Å². The standard InChI is InChI=1S/C16H23N3O4.C15H21N3O4.C8H8BrNO2.C6H6BrN.C3H6O3.Na.H2O/c1-16(2,3)23-15(21)18-12-9-19(10-12)13-5-6-17-11(7-13)8-14(20)22-4;1-15(2,3)22-14(21)17-11-8-18(9-11)12-4-5-16-10(6-12)7-13(19)20;1-12-8(11)5-7-4-6(9)2-3-10-7;1-5-4-6(7)2-3-8-5;1-5-3(4)6-2;;/h5-7,12H,8-10H2,1-4H3,(H,18,21);4-6,11H,7-9H2,1-3H3,(H,17,21)(H,19,20);2-4H,5H2,1H3;2-4H,1H3;1-2H3;;1H2/q;;;;;+1;/p-1. The Hall–Kier alpha value is -5.66. The van der Waals surface area contributed by atoms with Gasteiger partial charge in [-0.05, 0) is 97.0 Å². The topological polar surface area (TPSA) is 290 Å². The number of hydrogen-bond donors (Lipinski definition) is 3. The zero-order valence-corrected chi connectivity index (χ0v) is 48.4. The number of nitrogens with zero attached hydrogens (tertiary/aromatic N) is 6. The zero-order chi connectivity index (χ0) is 53.3. The first-order valence-corrected chi connectivity index (χ1v) is 23.4. The fourth-order valence-electron chi connectivity index (χ4n) is 5.76. The van der Waals surface area contributed by atoms with Crippen molar-refractivity contribution in [2.75, 3.05) is 64.4 Å². The summed E-state index contributed by atoms with van der Waals surface area (Å²) >= 11 is 6.60. The Balaban J connectivity index is 0.000000954. The van der Waals surface area contributed by atoms with E-state index in [-0.39, 0.29) is 78.3 Å². The van der Waals surface area contributed by atoms with Gasteiger partial charge in [0.05, 0.1) is 76.9 Å². The fraction of sp³-hybridized carbons (Fsp3) is 0.458. The molecular formula is C48H65Br2N8NaO14. The van der Waals surface area contributed by atoms with E-state index in [2.05, 4.69) is 91.2 Å². The van der Waals surface area contributed by atoms with Crippen molar-refractivity contribution < 1.29 is 97.3 Å². The molecule has 4 aromatic rings. The van der Waals surface area contributed by atoms with Crippen LogP contribution in [0.15, 0.2) is 82.3 Å². The second kappa shape index (κ2) is 33.9. The number of esters is 2. The van der Waals surface area contributed by atoms with Crippen LogP contribution in [0.5, 0.6) is 0 Å². The molecular weight excluding hydrogens is 1100 g/mol. The summed E-state index contributed by atoms with van der Waals surface area (Å²) in [6.45, 7) is 15.6. The molecule has 2 fully saturated rings. The molecule has 0 saturated carbocycles. The third-order valence-electron chi connectivity index (χ3n) is 8.94. The molecule has 0 aliphatic carbocycles. The molecule has 4 N–H and O–H groups in total. The monoisotopic (exact) mass is 1160 g/mol. The second-order valence-electron chi connectivity index (χ2n) is 17.3. The quantitative estimate of drug-likeness (QED) is 0.115. The largest absolute Gasteiger partial charge is 1.00 e. The van der Waals surface area contributed by atoms with E-state index >= 15 is 0 Å². The SMILES string of the molecule is CC(C)(C)OC(=O)NC1CN(c2ccnc(CC(=O)O)c2)C1.COC(=O)Cc1cc(Br)ccn1.COC(=O)Cc1cc(N2CC(NC(=O)OC(C)(C)C)C2)ccn1.COC(=O)OC.Cc1cc(Br)ccn1.[Na+].[OH-]. The maximum atomic E-state index is 11.7. The molecule has 0 aromatic carbocycles. The Bertz CT molecular complexity index is 2340. The van der Waals surface area contributed by atoms with Gasteiger partial charge in [-0.25, -0.2) is 14.4 Å². The van der Waals surface area contributed by atoms with Gasteiger partial charge in [-0.1, -0.05) is 31.9 Å². The summed E-state index contributed by atoms with van der Waals surface area (Å²) in [4.78, 5) is 86.3. The van der Waals surface area contributed by atoms with Gasteiger partial charge >= 0.3 is 65.8 Å². The number of nitrogens with one attached hydrogen (secondary N) is 2. The molecule has 6 heterocycles. The van der Waals surface area contributed by atoms with Gasteiger partial charge in [-0.2, -0.15) is 0 Å². The van der Waals surface area contributed by atoms with Gasteiger partial charge in [0.25, 0.3) is 0 Å². The van der Waals surface area contributed by atoms with Gasteiger partial charge in [0, 0.05) is 77.0 Å². The molecule has 2 amide bonds. The number of carboxylic acids is 1. The van der Waals surface area contributed by atoms with Gasteiger partial charge < -0.3 is 59.4 Å². The van der Waals surface area contributed by atoms with Crippen molar-refractivity contribution in [3.05, 3.63) is 105 Å². The molecule has 396 valence electrons. The van der Waals surface area contributed by atoms with E-state index in [0.717, 1.165) is 26.0 Å². The number of pyridine rings is 4. The molecule has 0 unspecified atom stereocenters. The van der Waals surface area contributed by atoms with Crippen molar-refractivity contribution >= 4 is 79.5 Å². The van der Waals surface area contributed by atoms with Crippen molar-refractivity contribution in [1.82, 2.24) is 30.6 Å². The minimum absolute atomic E-state index is 0. The number of aliphatic carboxylic acids is 1. The van der Waals surface area contributed by atoms with E-state index in [0.29, 0.717) is 43.3 Å². The summed E-state index contributed by atoms with van der Waals surface area (Å²) in [6, 6.07) is 14.9. The first-order chi connectivity index (χ1) is 33.3. The van der Waals surface area contributed by atoms with E-state index in [1.807, 2.05) is 78.8 Å². The predicted octanol–water partition coefficient (Wildman–Crippen LogP) is 3.87. The van der Waals surface area contributed by atoms with E-state index < -0.39 is 35.5 Å². The summed E-state index contributed by atoms with van der Waals surface area (Å²) in [7, 11) is 5.23. The molecule has 2 saturated heterocycles. The van der Waals surface area contributed by atoms with Crippen LogP contribution in [0.4, 0.5) is 25.8 Å². The molecule has 25 heteroatoms. The van der Waals surface area contributed by atoms with Crippen LogP contribution in [0.1, 0.15) is 64.3 Å². The Morgan fingerprint density at radius 3 is 1.25 bits per heavy atom. The third kappa shape index (κ3) is 29.6. The molecule has 0 spiro atoms. The average molecular weight is 1160 g/mol. The number of carbonyl (C=O) groups is 6. The van der Waals surface area contributed by atoms with E-state index in [4.69, 9.17) is 14.6 Å². The summed E-state index contributed by atoms with van der Waals surface area (Å²) < 4.78 is 29.7. The maximum Gasteiger partial charge on any atom is 1.00 e. The van der Waals surface area contributed by atoms with Crippen LogP contribution in [0.3, 0.4) is 0 Å². The molecule has 2 aliphatic heterocycles. The first kappa shape index (κ1) is 67.3. The molecule has 0 radical (unpaired) electrons. The summed E-state index contributed by atoms with van der Waals surface area (Å²) in [5.74, 6) is -1.50. The number of carboxylic acid groups (broad SMARTS) is 1. The summed E-state index contributed by atoms with van der Waals surface area (Å²) in [5, 5.41) is 14.4. The van der Waals surface area contributed by atoms with Gasteiger partial charge in [0.1, 0.15) is 11.2 Å². The number of halogens is 2. The molecule has 0 bridgehead atoms. The van der Waals surface area contributed by atoms with Gasteiger partial charge in [0.2, 0.25) is 0 Å². The summed E-state index contributed by atoms with van der Waals surface area (Å²) in [6.07, 6.45) is 5.48. The number of amides is 2. The second-order valence-corrected chi connectivity index (χ2v) is 19.2. The molecule has 6 rings (SSSR count). The van der Waals surface area contributed by atoms with Crippen LogP contribution in [0, 0.1) is 6.92 Å². The number of aromatic nitrogens is 4. The first-order valence-electron chi connectivity index (χ1n) is 21.9. The Morgan fingerprint density at radius 1 is 0.589 bits per heavy atom. The minimum Gasteiger partial charge on any atom is -0.870 e. The molecule has 22 nitrogen and oxygen atoms in total. The van der Waals surface area contributed by atoms with Crippen LogP contribution in [-0.4, -0.2) is 145 Å². The normalized spacial score (nSPS) is 12.4. The fourth-order valence-corrected chi connectivity index (χ4v) is 6.59. The molecule has 0 atom stereocenters. The number of aryl methyl sites for hydroxylation is 1. The van der Waals surface area contributed by atoms with Crippen LogP contribution >= 0.6 is 31.9 Å². The molecule has 73 heavy (non-hydrogen) atoms. The van der Waals surface area contributed by atoms with Crippen LogP contribution in [0.25, 0.3) is 0 Å². The Labute approximate surface area is 464 Å². The Kier molecular flexibility index (Phi) is 31.3. The number of methoxy groups -OCH3 is 4. The Morgan fingerprint density at radius 2 is 0.945 bits per heavy atom. The number of hydrogen-bond acceptors (Lipinski definition) is 19. The van der Waals surface area contributed by atoms with Crippen molar-refractivity contribution in [3.8, 4) is 0 Å². The van der Waals surface area contributed by atoms with E-state index in [1.165, 1.54) is 28.4 Å². The number of rotatable bonds is 10. The number of carbonyl (C=O) groups excluding carboxylic acids is 5. The molecule has 2 aliphatic rings. The number of ether oxygens (including phenoxy) is 6. The van der Waals surface area contributed by atoms with Crippen LogP contribution < -0.4 is 50.0 Å². The van der Waals surface area contributed by atoms with Crippen molar-refractivity contribution in [1.29, 1.82) is 0 Å². The van der Waals surface area contributed by atoms with E-state index in [1.54, 1.807) is 43.0 Å². The smallest absolute Gasteiger partial charge is 0.870 e. The third-order valence-corrected chi connectivity index (χ3v) is 9.93. The predicted molar refractivity (Wildman–Crippen MR) is 272 cm³/mol. The average Bonchev–Trinajstić information content (AvgIpc) is 3.25. The van der Waals surface area contributed by atoms with Gasteiger partial charge in [-0.3, -0.25) is 34.3 Å². The number of anilines is 2. The maximum absolute atomic E-state index is 11.7. The van der Waals surface area contributed by atoms with Crippen molar-refractivity contribution in [3.63, 3.8) is 0 Å². The van der Waals surface area contributed by atoms with Crippen molar-refractivity contribution in [2.24, 2.45) is 0 Å². The number of alkyl carbamates (subject to hydrolysis) is 2. The van der Waals surface area contributed by atoms with Crippen LogP contribution in [0.2, 0.25) is 0 Å². The minimum atomic E-state index is -0.905.